The largest absolute Gasteiger partial charge is 0.496 e. The van der Waals surface area contributed by atoms with E-state index in [4.69, 9.17) is 4.74 Å². The van der Waals surface area contributed by atoms with E-state index in [1.165, 1.54) is 24.9 Å². The predicted molar refractivity (Wildman–Crippen MR) is 99.9 cm³/mol. The normalized spacial score (nSPS) is 21.1. The first-order valence-corrected chi connectivity index (χ1v) is 9.50. The van der Waals surface area contributed by atoms with Crippen LogP contribution >= 0.6 is 0 Å². The Bertz CT molecular complexity index is 588. The Morgan fingerprint density at radius 1 is 1.36 bits per heavy atom. The second kappa shape index (κ2) is 8.09. The van der Waals surface area contributed by atoms with Crippen LogP contribution in [-0.4, -0.2) is 55.2 Å². The summed E-state index contributed by atoms with van der Waals surface area (Å²) in [7, 11) is 1.69. The van der Waals surface area contributed by atoms with Crippen LogP contribution in [0.1, 0.15) is 37.8 Å². The van der Waals surface area contributed by atoms with Crippen LogP contribution in [0.25, 0.3) is 0 Å². The number of hydrogen-bond donors (Lipinski definition) is 1. The molecule has 1 atom stereocenters. The zero-order valence-electron chi connectivity index (χ0n) is 15.8. The number of amides is 2. The number of rotatable bonds is 4. The van der Waals surface area contributed by atoms with E-state index in [-0.39, 0.29) is 6.03 Å². The average Bonchev–Trinajstić information content (AvgIpc) is 2.65. The molecule has 2 heterocycles. The van der Waals surface area contributed by atoms with Crippen LogP contribution in [-0.2, 0) is 13.0 Å². The first-order chi connectivity index (χ1) is 12.1. The highest BCUT2D eigenvalue weighted by atomic mass is 16.5. The van der Waals surface area contributed by atoms with Crippen molar-refractivity contribution in [3.63, 3.8) is 0 Å². The van der Waals surface area contributed by atoms with Crippen LogP contribution in [0.4, 0.5) is 4.79 Å². The zero-order valence-corrected chi connectivity index (χ0v) is 15.8. The second-order valence-electron chi connectivity index (χ2n) is 7.55. The van der Waals surface area contributed by atoms with Gasteiger partial charge in [0.2, 0.25) is 0 Å². The molecule has 5 nitrogen and oxygen atoms in total. The Kier molecular flexibility index (Phi) is 5.84. The van der Waals surface area contributed by atoms with E-state index in [1.807, 2.05) is 17.0 Å². The van der Waals surface area contributed by atoms with Crippen LogP contribution in [0.2, 0.25) is 0 Å². The van der Waals surface area contributed by atoms with Crippen LogP contribution in [0.5, 0.6) is 5.75 Å². The molecule has 1 aromatic rings. The van der Waals surface area contributed by atoms with Gasteiger partial charge in [-0.25, -0.2) is 4.79 Å². The fourth-order valence-electron chi connectivity index (χ4n) is 3.99. The van der Waals surface area contributed by atoms with Gasteiger partial charge in [0.15, 0.2) is 0 Å². The molecule has 1 unspecified atom stereocenters. The average molecular weight is 345 g/mol. The van der Waals surface area contributed by atoms with E-state index < -0.39 is 0 Å². The number of nitrogens with one attached hydrogen (secondary N) is 1. The van der Waals surface area contributed by atoms with Crippen LogP contribution in [0.3, 0.4) is 0 Å². The number of urea groups is 1. The molecule has 1 saturated heterocycles. The molecule has 0 radical (unpaired) electrons. The van der Waals surface area contributed by atoms with Crippen molar-refractivity contribution >= 4 is 6.03 Å². The van der Waals surface area contributed by atoms with Gasteiger partial charge in [0.1, 0.15) is 5.75 Å². The lowest BCUT2D eigenvalue weighted by Gasteiger charge is -2.36. The SMILES string of the molecule is COc1cccc2c1CN(C(=O)NCC1CCCN(C(C)C)C1)CC2. The number of piperidine rings is 1. The molecular formula is C20H31N3O2. The fraction of sp³-hybridized carbons (Fsp3) is 0.650. The van der Waals surface area contributed by atoms with Crippen LogP contribution in [0.15, 0.2) is 18.2 Å². The lowest BCUT2D eigenvalue weighted by Crippen LogP contribution is -2.47. The summed E-state index contributed by atoms with van der Waals surface area (Å²) < 4.78 is 5.47. The maximum absolute atomic E-state index is 12.6. The van der Waals surface area contributed by atoms with E-state index in [0.29, 0.717) is 18.5 Å². The first-order valence-electron chi connectivity index (χ1n) is 9.50. The number of fused-ring (bicyclic) bond motifs is 1. The van der Waals surface area contributed by atoms with Crippen LogP contribution in [0, 0.1) is 5.92 Å². The van der Waals surface area contributed by atoms with Gasteiger partial charge in [-0.2, -0.15) is 0 Å². The second-order valence-corrected chi connectivity index (χ2v) is 7.55. The van der Waals surface area contributed by atoms with Gasteiger partial charge in [0.25, 0.3) is 0 Å². The van der Waals surface area contributed by atoms with Crippen molar-refractivity contribution in [2.45, 2.75) is 45.7 Å². The molecule has 0 aromatic heterocycles. The Labute approximate surface area is 151 Å². The Morgan fingerprint density at radius 2 is 2.20 bits per heavy atom. The Balaban J connectivity index is 1.54. The molecule has 5 heteroatoms. The number of carbonyl (C=O) groups excluding carboxylic acids is 1. The Morgan fingerprint density at radius 3 is 2.96 bits per heavy atom. The minimum absolute atomic E-state index is 0.0539. The molecular weight excluding hydrogens is 314 g/mol. The maximum Gasteiger partial charge on any atom is 0.317 e. The summed E-state index contributed by atoms with van der Waals surface area (Å²) in [4.78, 5) is 17.1. The quantitative estimate of drug-likeness (QED) is 0.913. The van der Waals surface area contributed by atoms with Crippen molar-refractivity contribution in [1.82, 2.24) is 15.1 Å². The number of likely N-dealkylation sites (tertiary alicyclic amines) is 1. The van der Waals surface area contributed by atoms with Crippen molar-refractivity contribution in [3.8, 4) is 5.75 Å². The lowest BCUT2D eigenvalue weighted by molar-refractivity contribution is 0.136. The summed E-state index contributed by atoms with van der Waals surface area (Å²) in [6, 6.07) is 6.78. The Hall–Kier alpha value is -1.75. The van der Waals surface area contributed by atoms with Crippen LogP contribution < -0.4 is 10.1 Å². The predicted octanol–water partition coefficient (Wildman–Crippen LogP) is 2.88. The summed E-state index contributed by atoms with van der Waals surface area (Å²) in [6.07, 6.45) is 3.33. The minimum atomic E-state index is 0.0539. The monoisotopic (exact) mass is 345 g/mol. The maximum atomic E-state index is 12.6. The molecule has 2 aliphatic heterocycles. The molecule has 0 aliphatic carbocycles. The number of hydrogen-bond acceptors (Lipinski definition) is 3. The highest BCUT2D eigenvalue weighted by molar-refractivity contribution is 5.74. The van der Waals surface area contributed by atoms with E-state index >= 15 is 0 Å². The number of benzene rings is 1. The van der Waals surface area contributed by atoms with Gasteiger partial charge in [-0.3, -0.25) is 0 Å². The summed E-state index contributed by atoms with van der Waals surface area (Å²) in [5.74, 6) is 1.45. The molecule has 3 rings (SSSR count). The molecule has 25 heavy (non-hydrogen) atoms. The minimum Gasteiger partial charge on any atom is -0.496 e. The summed E-state index contributed by atoms with van der Waals surface area (Å²) in [6.45, 7) is 8.96. The first kappa shape index (κ1) is 18.1. The molecule has 2 amide bonds. The van der Waals surface area contributed by atoms with Gasteiger partial charge in [-0.15, -0.1) is 0 Å². The number of methoxy groups -OCH3 is 1. The molecule has 138 valence electrons. The van der Waals surface area contributed by atoms with Gasteiger partial charge in [-0.05, 0) is 57.2 Å². The topological polar surface area (TPSA) is 44.8 Å². The van der Waals surface area contributed by atoms with E-state index in [2.05, 4.69) is 30.1 Å². The molecule has 0 spiro atoms. The van der Waals surface area contributed by atoms with E-state index in [9.17, 15) is 4.79 Å². The summed E-state index contributed by atoms with van der Waals surface area (Å²) in [5, 5.41) is 3.17. The molecule has 1 N–H and O–H groups in total. The van der Waals surface area contributed by atoms with Crippen molar-refractivity contribution < 1.29 is 9.53 Å². The van der Waals surface area contributed by atoms with Crippen molar-refractivity contribution in [2.24, 2.45) is 5.92 Å². The van der Waals surface area contributed by atoms with Gasteiger partial charge in [0, 0.05) is 31.2 Å². The van der Waals surface area contributed by atoms with Crippen molar-refractivity contribution in [2.75, 3.05) is 33.3 Å². The van der Waals surface area contributed by atoms with E-state index in [0.717, 1.165) is 37.4 Å². The lowest BCUT2D eigenvalue weighted by atomic mass is 9.97. The fourth-order valence-corrected chi connectivity index (χ4v) is 3.99. The summed E-state index contributed by atoms with van der Waals surface area (Å²) >= 11 is 0. The van der Waals surface area contributed by atoms with Crippen molar-refractivity contribution in [3.05, 3.63) is 29.3 Å². The van der Waals surface area contributed by atoms with Gasteiger partial charge in [0.05, 0.1) is 13.7 Å². The third kappa shape index (κ3) is 4.27. The smallest absolute Gasteiger partial charge is 0.317 e. The van der Waals surface area contributed by atoms with Gasteiger partial charge >= 0.3 is 6.03 Å². The van der Waals surface area contributed by atoms with Gasteiger partial charge < -0.3 is 19.9 Å². The highest BCUT2D eigenvalue weighted by Gasteiger charge is 2.25. The molecule has 1 fully saturated rings. The van der Waals surface area contributed by atoms with E-state index in [1.54, 1.807) is 7.11 Å². The third-order valence-corrected chi connectivity index (χ3v) is 5.56. The molecule has 2 aliphatic rings. The standard InChI is InChI=1S/C20H31N3O2/c1-15(2)22-10-5-6-16(13-22)12-21-20(24)23-11-9-17-7-4-8-19(25-3)18(17)14-23/h4,7-8,15-16H,5-6,9-14H2,1-3H3,(H,21,24). The molecule has 1 aromatic carbocycles. The number of nitrogens with zero attached hydrogens (tertiary/aromatic N) is 2. The highest BCUT2D eigenvalue weighted by Crippen LogP contribution is 2.28. The molecule has 0 bridgehead atoms. The van der Waals surface area contributed by atoms with Crippen molar-refractivity contribution in [1.29, 1.82) is 0 Å². The van der Waals surface area contributed by atoms with Gasteiger partial charge in [-0.1, -0.05) is 12.1 Å². The summed E-state index contributed by atoms with van der Waals surface area (Å²) in [5.41, 5.74) is 2.44. The number of ether oxygens (including phenoxy) is 1. The third-order valence-electron chi connectivity index (χ3n) is 5.56. The number of carbonyl (C=O) groups is 1. The molecule has 0 saturated carbocycles. The zero-order chi connectivity index (χ0) is 17.8.